The molecule has 58 heavy (non-hydrogen) atoms. The van der Waals surface area contributed by atoms with E-state index in [0.29, 0.717) is 0 Å². The van der Waals surface area contributed by atoms with Gasteiger partial charge in [-0.25, -0.2) is 4.70 Å². The van der Waals surface area contributed by atoms with Crippen LogP contribution in [0.15, 0.2) is 35.4 Å². The summed E-state index contributed by atoms with van der Waals surface area (Å²) in [4.78, 5) is 0. The third-order valence-electron chi connectivity index (χ3n) is 12.3. The van der Waals surface area contributed by atoms with Gasteiger partial charge in [0.15, 0.2) is 0 Å². The average molecular weight is 840 g/mol. The largest absolute Gasteiger partial charge is 2.00 e. The summed E-state index contributed by atoms with van der Waals surface area (Å²) >= 11 is 0. The second kappa shape index (κ2) is 32.7. The maximum Gasteiger partial charge on any atom is 2.00 e. The normalized spacial score (nSPS) is 12.6. The molecule has 2 aromatic carbocycles. The number of nitrogens with zero attached hydrogens (tertiary/aromatic N) is 2. The van der Waals surface area contributed by atoms with Gasteiger partial charge in [-0.2, -0.15) is 0 Å². The summed E-state index contributed by atoms with van der Waals surface area (Å²) in [5.41, 5.74) is 30.0. The monoisotopic (exact) mass is 839 g/mol. The van der Waals surface area contributed by atoms with Crippen molar-refractivity contribution in [3.05, 3.63) is 100 Å². The van der Waals surface area contributed by atoms with E-state index in [2.05, 4.69) is 79.7 Å². The van der Waals surface area contributed by atoms with E-state index in [0.717, 1.165) is 49.9 Å². The van der Waals surface area contributed by atoms with Crippen molar-refractivity contribution in [3.8, 4) is 0 Å². The molecule has 0 bridgehead atoms. The molecule has 1 heterocycles. The first-order valence-electron chi connectivity index (χ1n) is 24.2. The van der Waals surface area contributed by atoms with E-state index < -0.39 is 0 Å². The third-order valence-corrected chi connectivity index (χ3v) is 12.3. The molecule has 0 unspecified atom stereocenters. The maximum atomic E-state index is 12.9. The number of hydrogen-bond acceptors (Lipinski definition) is 0. The minimum atomic E-state index is 0. The maximum absolute atomic E-state index is 12.9. The SMILES string of the molecule is CCCCCCCCC1=C(c2cc(CCCC)c(CCCC)c(CCCC)c2)[N+](=[N-])C(c2cc(CCCC)c(CCCC)c(CCCC)c2)=C1CCCCC.[CH3-].[CH3-].[Ni+2]. The summed E-state index contributed by atoms with van der Waals surface area (Å²) in [6, 6.07) is 10.1. The number of unbranched alkanes of at least 4 members (excludes halogenated alkanes) is 13. The Hall–Kier alpha value is -1.99. The van der Waals surface area contributed by atoms with Crippen molar-refractivity contribution in [1.29, 1.82) is 0 Å². The molecule has 0 atom stereocenters. The van der Waals surface area contributed by atoms with Gasteiger partial charge in [-0.15, -0.1) is 0 Å². The molecule has 0 aromatic heterocycles. The van der Waals surface area contributed by atoms with E-state index in [9.17, 15) is 5.53 Å². The first-order valence-corrected chi connectivity index (χ1v) is 24.2. The molecule has 332 valence electrons. The quantitative estimate of drug-likeness (QED) is 0.0313. The Morgan fingerprint density at radius 1 is 0.345 bits per heavy atom. The number of allylic oxidation sites excluding steroid dienone is 2. The van der Waals surface area contributed by atoms with Crippen LogP contribution in [-0.2, 0) is 55.0 Å². The Bertz CT molecular complexity index is 1440. The number of hydrogen-bond donors (Lipinski definition) is 0. The Kier molecular flexibility index (Phi) is 31.6. The number of benzene rings is 2. The predicted molar refractivity (Wildman–Crippen MR) is 257 cm³/mol. The molecular weight excluding hydrogens is 747 g/mol. The summed E-state index contributed by atoms with van der Waals surface area (Å²) in [5, 5.41) is 0. The number of rotatable bonds is 31. The van der Waals surface area contributed by atoms with Crippen LogP contribution in [0.3, 0.4) is 0 Å². The number of aryl methyl sites for hydroxylation is 4. The summed E-state index contributed by atoms with van der Waals surface area (Å²) < 4.78 is 1.73. The molecule has 0 amide bonds. The molecule has 0 saturated carbocycles. The molecule has 1 aliphatic heterocycles. The van der Waals surface area contributed by atoms with E-state index in [-0.39, 0.29) is 31.3 Å². The zero-order valence-electron chi connectivity index (χ0n) is 40.0. The van der Waals surface area contributed by atoms with E-state index in [1.165, 1.54) is 170 Å². The minimum absolute atomic E-state index is 0. The fraction of sp³-hybridized carbons (Fsp3) is 0.673. The average Bonchev–Trinajstić information content (AvgIpc) is 3.47. The van der Waals surface area contributed by atoms with Crippen molar-refractivity contribution >= 4 is 11.4 Å². The fourth-order valence-corrected chi connectivity index (χ4v) is 9.00. The minimum Gasteiger partial charge on any atom is -0.493 e. The summed E-state index contributed by atoms with van der Waals surface area (Å²) in [6.07, 6.45) is 35.0. The van der Waals surface area contributed by atoms with Crippen LogP contribution >= 0.6 is 0 Å². The molecule has 2 nitrogen and oxygen atoms in total. The molecule has 0 saturated heterocycles. The van der Waals surface area contributed by atoms with Crippen LogP contribution in [0.5, 0.6) is 0 Å². The van der Waals surface area contributed by atoms with Gasteiger partial charge < -0.3 is 20.4 Å². The Morgan fingerprint density at radius 3 is 0.931 bits per heavy atom. The molecule has 0 spiro atoms. The standard InChI is InChI=1S/C53H86N2.2CH3.Ni/c1-9-17-25-26-27-29-37-51-50(36-28-18-10-2)52(46-38-42(30-19-11-3)48(34-23-15-7)43(39-46)31-20-12-4)55(54)53(51)47-40-44(32-21-13-5)49(35-24-16-8)45(41-47)33-22-14-6;;;/h38-41H,9-37H2,1-8H3;2*1H3;/q;2*-1;+2. The van der Waals surface area contributed by atoms with Gasteiger partial charge in [0.05, 0.1) is 0 Å². The van der Waals surface area contributed by atoms with Crippen LogP contribution in [-0.4, -0.2) is 4.70 Å². The molecule has 0 radical (unpaired) electrons. The van der Waals surface area contributed by atoms with Crippen molar-refractivity contribution in [2.45, 2.75) is 242 Å². The van der Waals surface area contributed by atoms with Crippen LogP contribution in [0.4, 0.5) is 0 Å². The van der Waals surface area contributed by atoms with E-state index in [1.54, 1.807) is 38.1 Å². The van der Waals surface area contributed by atoms with Crippen LogP contribution in [0.25, 0.3) is 16.9 Å². The first-order chi connectivity index (χ1) is 26.9. The van der Waals surface area contributed by atoms with E-state index in [1.807, 2.05) is 0 Å². The second-order valence-corrected chi connectivity index (χ2v) is 17.1. The van der Waals surface area contributed by atoms with E-state index in [4.69, 9.17) is 0 Å². The molecule has 0 N–H and O–H groups in total. The summed E-state index contributed by atoms with van der Waals surface area (Å²) in [5.74, 6) is 0. The smallest absolute Gasteiger partial charge is 0.493 e. The van der Waals surface area contributed by atoms with Gasteiger partial charge in [0, 0.05) is 22.3 Å². The topological polar surface area (TPSA) is 25.3 Å². The van der Waals surface area contributed by atoms with Gasteiger partial charge in [-0.1, -0.05) is 139 Å². The van der Waals surface area contributed by atoms with Crippen LogP contribution in [0.1, 0.15) is 248 Å². The molecule has 3 heteroatoms. The third kappa shape index (κ3) is 16.8. The predicted octanol–water partition coefficient (Wildman–Crippen LogP) is 18.1. The Morgan fingerprint density at radius 2 is 0.603 bits per heavy atom. The first kappa shape index (κ1) is 56.0. The van der Waals surface area contributed by atoms with Gasteiger partial charge in [-0.3, -0.25) is 0 Å². The molecule has 3 rings (SSSR count). The van der Waals surface area contributed by atoms with Crippen molar-refractivity contribution in [2.24, 2.45) is 0 Å². The fourth-order valence-electron chi connectivity index (χ4n) is 9.00. The van der Waals surface area contributed by atoms with E-state index >= 15 is 0 Å². The molecule has 2 aromatic rings. The van der Waals surface area contributed by atoms with Crippen molar-refractivity contribution in [1.82, 2.24) is 0 Å². The molecule has 0 fully saturated rings. The Labute approximate surface area is 372 Å². The summed E-state index contributed by atoms with van der Waals surface area (Å²) in [7, 11) is 0. The molecule has 1 aliphatic rings. The molecule has 0 aliphatic carbocycles. The van der Waals surface area contributed by atoms with Gasteiger partial charge in [0.2, 0.25) is 11.4 Å². The van der Waals surface area contributed by atoms with Gasteiger partial charge >= 0.3 is 16.5 Å². The summed E-state index contributed by atoms with van der Waals surface area (Å²) in [6.45, 7) is 18.6. The Balaban J connectivity index is 0.0000108. The van der Waals surface area contributed by atoms with Crippen molar-refractivity contribution in [2.75, 3.05) is 0 Å². The van der Waals surface area contributed by atoms with Crippen molar-refractivity contribution in [3.63, 3.8) is 0 Å². The zero-order chi connectivity index (χ0) is 39.8. The second-order valence-electron chi connectivity index (χ2n) is 17.1. The van der Waals surface area contributed by atoms with Gasteiger partial charge in [0.1, 0.15) is 0 Å². The van der Waals surface area contributed by atoms with Gasteiger partial charge in [-0.05, 0) is 160 Å². The molecular formula is C55H92N2Ni. The van der Waals surface area contributed by atoms with Gasteiger partial charge in [0.25, 0.3) is 0 Å². The van der Waals surface area contributed by atoms with Crippen LogP contribution < -0.4 is 0 Å². The zero-order valence-corrected chi connectivity index (χ0v) is 41.0. The van der Waals surface area contributed by atoms with Crippen LogP contribution in [0.2, 0.25) is 0 Å². The van der Waals surface area contributed by atoms with Crippen LogP contribution in [0, 0.1) is 14.9 Å². The van der Waals surface area contributed by atoms with Crippen molar-refractivity contribution < 1.29 is 21.2 Å².